The van der Waals surface area contributed by atoms with Gasteiger partial charge in [0.05, 0.1) is 7.11 Å². The maximum absolute atomic E-state index is 10.5. The van der Waals surface area contributed by atoms with E-state index in [1.165, 1.54) is 0 Å². The highest BCUT2D eigenvalue weighted by Gasteiger charge is 2.17. The van der Waals surface area contributed by atoms with Crippen molar-refractivity contribution in [3.63, 3.8) is 0 Å². The Balaban J connectivity index is 2.46. The molecule has 0 heterocycles. The average Bonchev–Trinajstić information content (AvgIpc) is 2.41. The maximum Gasteiger partial charge on any atom is 0.128 e. The molecular formula is C16H19NO2. The predicted octanol–water partition coefficient (Wildman–Crippen LogP) is 2.98. The third kappa shape index (κ3) is 2.56. The van der Waals surface area contributed by atoms with Crippen LogP contribution in [0.2, 0.25) is 0 Å². The summed E-state index contributed by atoms with van der Waals surface area (Å²) in [4.78, 5) is 0. The molecule has 3 N–H and O–H groups in total. The molecule has 0 fully saturated rings. The monoisotopic (exact) mass is 257 g/mol. The van der Waals surface area contributed by atoms with Gasteiger partial charge in [-0.2, -0.15) is 0 Å². The second kappa shape index (κ2) is 5.33. The third-order valence-electron chi connectivity index (χ3n) is 3.46. The SMILES string of the molecule is COc1c(C(O)c2ccc(N)cc2)ccc(C)c1C. The summed E-state index contributed by atoms with van der Waals surface area (Å²) in [6.07, 6.45) is -0.713. The summed E-state index contributed by atoms with van der Waals surface area (Å²) < 4.78 is 5.44. The number of ether oxygens (including phenoxy) is 1. The maximum atomic E-state index is 10.5. The minimum absolute atomic E-state index is 0.683. The van der Waals surface area contributed by atoms with Crippen molar-refractivity contribution >= 4 is 5.69 Å². The molecule has 0 aromatic heterocycles. The van der Waals surface area contributed by atoms with E-state index in [1.807, 2.05) is 38.1 Å². The Morgan fingerprint density at radius 2 is 1.68 bits per heavy atom. The molecule has 0 spiro atoms. The Labute approximate surface area is 113 Å². The van der Waals surface area contributed by atoms with E-state index in [2.05, 4.69) is 0 Å². The summed E-state index contributed by atoms with van der Waals surface area (Å²) in [6.45, 7) is 4.02. The molecule has 0 bridgehead atoms. The minimum atomic E-state index is -0.713. The lowest BCUT2D eigenvalue weighted by Gasteiger charge is -2.18. The third-order valence-corrected chi connectivity index (χ3v) is 3.46. The van der Waals surface area contributed by atoms with Crippen LogP contribution in [-0.2, 0) is 0 Å². The quantitative estimate of drug-likeness (QED) is 0.831. The standard InChI is InChI=1S/C16H19NO2/c1-10-4-9-14(16(19-3)11(10)2)15(18)12-5-7-13(17)8-6-12/h4-9,15,18H,17H2,1-3H3. The Hall–Kier alpha value is -2.00. The zero-order valence-corrected chi connectivity index (χ0v) is 11.5. The fraction of sp³-hybridized carbons (Fsp3) is 0.250. The number of rotatable bonds is 3. The number of hydrogen-bond donors (Lipinski definition) is 2. The first-order valence-corrected chi connectivity index (χ1v) is 6.22. The van der Waals surface area contributed by atoms with Crippen LogP contribution in [0.15, 0.2) is 36.4 Å². The van der Waals surface area contributed by atoms with Crippen molar-refractivity contribution in [2.45, 2.75) is 20.0 Å². The van der Waals surface area contributed by atoms with Crippen LogP contribution < -0.4 is 10.5 Å². The molecule has 100 valence electrons. The molecular weight excluding hydrogens is 238 g/mol. The smallest absolute Gasteiger partial charge is 0.128 e. The van der Waals surface area contributed by atoms with Crippen LogP contribution in [0.1, 0.15) is 28.4 Å². The van der Waals surface area contributed by atoms with Gasteiger partial charge in [-0.25, -0.2) is 0 Å². The summed E-state index contributed by atoms with van der Waals surface area (Å²) >= 11 is 0. The average molecular weight is 257 g/mol. The van der Waals surface area contributed by atoms with E-state index in [0.29, 0.717) is 5.69 Å². The van der Waals surface area contributed by atoms with Crippen molar-refractivity contribution in [1.82, 2.24) is 0 Å². The van der Waals surface area contributed by atoms with Crippen molar-refractivity contribution in [3.8, 4) is 5.75 Å². The van der Waals surface area contributed by atoms with E-state index in [0.717, 1.165) is 28.0 Å². The molecule has 2 aromatic carbocycles. The van der Waals surface area contributed by atoms with Crippen LogP contribution in [0, 0.1) is 13.8 Å². The van der Waals surface area contributed by atoms with Crippen molar-refractivity contribution in [2.24, 2.45) is 0 Å². The lowest BCUT2D eigenvalue weighted by molar-refractivity contribution is 0.214. The molecule has 0 saturated carbocycles. The highest BCUT2D eigenvalue weighted by Crippen LogP contribution is 2.34. The molecule has 0 aliphatic rings. The fourth-order valence-electron chi connectivity index (χ4n) is 2.16. The van der Waals surface area contributed by atoms with E-state index in [1.54, 1.807) is 19.2 Å². The summed E-state index contributed by atoms with van der Waals surface area (Å²) in [6, 6.07) is 11.1. The molecule has 0 saturated heterocycles. The molecule has 0 radical (unpaired) electrons. The molecule has 2 aromatic rings. The van der Waals surface area contributed by atoms with Crippen molar-refractivity contribution in [3.05, 3.63) is 58.7 Å². The summed E-state index contributed by atoms with van der Waals surface area (Å²) in [5.74, 6) is 0.740. The zero-order chi connectivity index (χ0) is 14.0. The van der Waals surface area contributed by atoms with Crippen LogP contribution in [0.25, 0.3) is 0 Å². The molecule has 0 aliphatic carbocycles. The summed E-state index contributed by atoms with van der Waals surface area (Å²) in [5, 5.41) is 10.5. The van der Waals surface area contributed by atoms with Crippen LogP contribution >= 0.6 is 0 Å². The fourth-order valence-corrected chi connectivity index (χ4v) is 2.16. The number of nitrogens with two attached hydrogens (primary N) is 1. The normalized spacial score (nSPS) is 12.2. The zero-order valence-electron chi connectivity index (χ0n) is 11.5. The highest BCUT2D eigenvalue weighted by molar-refractivity contribution is 5.50. The number of nitrogen functional groups attached to an aromatic ring is 1. The molecule has 2 rings (SSSR count). The molecule has 1 atom stereocenters. The predicted molar refractivity (Wildman–Crippen MR) is 77.4 cm³/mol. The Kier molecular flexibility index (Phi) is 3.76. The first-order chi connectivity index (χ1) is 9.04. The lowest BCUT2D eigenvalue weighted by Crippen LogP contribution is -2.04. The van der Waals surface area contributed by atoms with Crippen molar-refractivity contribution in [2.75, 3.05) is 12.8 Å². The van der Waals surface area contributed by atoms with Gasteiger partial charge in [0.25, 0.3) is 0 Å². The van der Waals surface area contributed by atoms with Gasteiger partial charge in [-0.3, -0.25) is 0 Å². The van der Waals surface area contributed by atoms with Crippen molar-refractivity contribution < 1.29 is 9.84 Å². The van der Waals surface area contributed by atoms with Gasteiger partial charge in [-0.1, -0.05) is 24.3 Å². The van der Waals surface area contributed by atoms with Gasteiger partial charge in [0, 0.05) is 11.3 Å². The summed E-state index contributed by atoms with van der Waals surface area (Å²) in [5.41, 5.74) is 10.1. The van der Waals surface area contributed by atoms with E-state index in [-0.39, 0.29) is 0 Å². The van der Waals surface area contributed by atoms with Gasteiger partial charge in [0.1, 0.15) is 11.9 Å². The number of aliphatic hydroxyl groups excluding tert-OH is 1. The van der Waals surface area contributed by atoms with E-state index >= 15 is 0 Å². The molecule has 0 aliphatic heterocycles. The molecule has 19 heavy (non-hydrogen) atoms. The van der Waals surface area contributed by atoms with Crippen LogP contribution in [0.3, 0.4) is 0 Å². The van der Waals surface area contributed by atoms with E-state index in [4.69, 9.17) is 10.5 Å². The van der Waals surface area contributed by atoms with Crippen LogP contribution in [0.5, 0.6) is 5.75 Å². The van der Waals surface area contributed by atoms with Gasteiger partial charge in [-0.15, -0.1) is 0 Å². The number of anilines is 1. The molecule has 3 heteroatoms. The van der Waals surface area contributed by atoms with E-state index in [9.17, 15) is 5.11 Å². The topological polar surface area (TPSA) is 55.5 Å². The van der Waals surface area contributed by atoms with Gasteiger partial charge < -0.3 is 15.6 Å². The first kappa shape index (κ1) is 13.4. The second-order valence-electron chi connectivity index (χ2n) is 4.70. The number of aryl methyl sites for hydroxylation is 1. The largest absolute Gasteiger partial charge is 0.496 e. The Morgan fingerprint density at radius 3 is 2.26 bits per heavy atom. The number of aliphatic hydroxyl groups is 1. The Bertz CT molecular complexity index is 576. The van der Waals surface area contributed by atoms with Crippen LogP contribution in [-0.4, -0.2) is 12.2 Å². The van der Waals surface area contributed by atoms with Crippen molar-refractivity contribution in [1.29, 1.82) is 0 Å². The number of hydrogen-bond acceptors (Lipinski definition) is 3. The lowest BCUT2D eigenvalue weighted by atomic mass is 9.96. The second-order valence-corrected chi connectivity index (χ2v) is 4.70. The van der Waals surface area contributed by atoms with Gasteiger partial charge in [0.15, 0.2) is 0 Å². The summed E-state index contributed by atoms with van der Waals surface area (Å²) in [7, 11) is 1.63. The highest BCUT2D eigenvalue weighted by atomic mass is 16.5. The Morgan fingerprint density at radius 1 is 1.05 bits per heavy atom. The number of methoxy groups -OCH3 is 1. The molecule has 0 amide bonds. The van der Waals surface area contributed by atoms with Crippen LogP contribution in [0.4, 0.5) is 5.69 Å². The van der Waals surface area contributed by atoms with E-state index < -0.39 is 6.10 Å². The van der Waals surface area contributed by atoms with Gasteiger partial charge in [0.2, 0.25) is 0 Å². The van der Waals surface area contributed by atoms with Gasteiger partial charge >= 0.3 is 0 Å². The molecule has 1 unspecified atom stereocenters. The van der Waals surface area contributed by atoms with Gasteiger partial charge in [-0.05, 0) is 42.7 Å². The molecule has 3 nitrogen and oxygen atoms in total. The number of benzene rings is 2. The minimum Gasteiger partial charge on any atom is -0.496 e. The first-order valence-electron chi connectivity index (χ1n) is 6.22.